The van der Waals surface area contributed by atoms with Gasteiger partial charge in [-0.15, -0.1) is 5.10 Å². The standard InChI is InChI=1S/C18H24N4O5/c1-3-24-17(25-4-2)12-22-11-14(20-21-22)18(23)19-13-6-7-15-16(10-13)27-9-5-8-26-15/h6-7,10-11,17H,3-5,8-9,12H2,1-2H3,(H,19,23). The number of amides is 1. The highest BCUT2D eigenvalue weighted by Crippen LogP contribution is 2.32. The van der Waals surface area contributed by atoms with Crippen LogP contribution < -0.4 is 14.8 Å². The van der Waals surface area contributed by atoms with Gasteiger partial charge in [0, 0.05) is 31.4 Å². The maximum atomic E-state index is 12.4. The zero-order chi connectivity index (χ0) is 19.1. The number of nitrogens with one attached hydrogen (secondary N) is 1. The van der Waals surface area contributed by atoms with E-state index in [0.29, 0.717) is 50.2 Å². The highest BCUT2D eigenvalue weighted by molar-refractivity contribution is 6.02. The van der Waals surface area contributed by atoms with Crippen molar-refractivity contribution in [3.63, 3.8) is 0 Å². The number of fused-ring (bicyclic) bond motifs is 1. The molecular weight excluding hydrogens is 352 g/mol. The predicted octanol–water partition coefficient (Wildman–Crippen LogP) is 2.09. The van der Waals surface area contributed by atoms with Crippen molar-refractivity contribution < 1.29 is 23.7 Å². The second-order valence-corrected chi connectivity index (χ2v) is 5.83. The fraction of sp³-hybridized carbons (Fsp3) is 0.500. The molecule has 0 saturated heterocycles. The van der Waals surface area contributed by atoms with E-state index in [0.717, 1.165) is 6.42 Å². The highest BCUT2D eigenvalue weighted by atomic mass is 16.7. The molecule has 9 heteroatoms. The van der Waals surface area contributed by atoms with Gasteiger partial charge in [-0.3, -0.25) is 4.79 Å². The molecule has 0 bridgehead atoms. The predicted molar refractivity (Wildman–Crippen MR) is 97.1 cm³/mol. The Morgan fingerprint density at radius 1 is 1.22 bits per heavy atom. The second-order valence-electron chi connectivity index (χ2n) is 5.83. The van der Waals surface area contributed by atoms with E-state index < -0.39 is 6.29 Å². The molecule has 1 aromatic heterocycles. The van der Waals surface area contributed by atoms with Crippen LogP contribution in [0.3, 0.4) is 0 Å². The van der Waals surface area contributed by atoms with Crippen molar-refractivity contribution in [2.24, 2.45) is 0 Å². The van der Waals surface area contributed by atoms with Gasteiger partial charge in [0.05, 0.1) is 26.0 Å². The molecule has 0 fully saturated rings. The lowest BCUT2D eigenvalue weighted by atomic mass is 10.2. The van der Waals surface area contributed by atoms with Gasteiger partial charge in [-0.05, 0) is 26.0 Å². The summed E-state index contributed by atoms with van der Waals surface area (Å²) in [5.41, 5.74) is 0.800. The molecule has 3 rings (SSSR count). The Hall–Kier alpha value is -2.65. The summed E-state index contributed by atoms with van der Waals surface area (Å²) in [4.78, 5) is 12.4. The number of carbonyl (C=O) groups excluding carboxylic acids is 1. The minimum atomic E-state index is -0.431. The molecule has 1 aliphatic rings. The van der Waals surface area contributed by atoms with Gasteiger partial charge < -0.3 is 24.3 Å². The van der Waals surface area contributed by atoms with E-state index in [1.165, 1.54) is 4.68 Å². The molecule has 2 heterocycles. The van der Waals surface area contributed by atoms with Gasteiger partial charge in [0.2, 0.25) is 0 Å². The van der Waals surface area contributed by atoms with E-state index in [9.17, 15) is 4.79 Å². The van der Waals surface area contributed by atoms with Gasteiger partial charge in [-0.25, -0.2) is 4.68 Å². The fourth-order valence-corrected chi connectivity index (χ4v) is 2.61. The van der Waals surface area contributed by atoms with E-state index in [-0.39, 0.29) is 11.6 Å². The van der Waals surface area contributed by atoms with Crippen LogP contribution in [0.2, 0.25) is 0 Å². The maximum absolute atomic E-state index is 12.4. The Labute approximate surface area is 157 Å². The average Bonchev–Trinajstić information content (AvgIpc) is 2.99. The third-order valence-corrected chi connectivity index (χ3v) is 3.82. The topological polar surface area (TPSA) is 96.7 Å². The molecule has 0 unspecified atom stereocenters. The Morgan fingerprint density at radius 3 is 2.70 bits per heavy atom. The number of rotatable bonds is 8. The SMILES string of the molecule is CCOC(Cn1cc(C(=O)Nc2ccc3c(c2)OCCCO3)nn1)OCC. The lowest BCUT2D eigenvalue weighted by Gasteiger charge is -2.16. The first-order valence-corrected chi connectivity index (χ1v) is 9.04. The smallest absolute Gasteiger partial charge is 0.277 e. The summed E-state index contributed by atoms with van der Waals surface area (Å²) in [6.07, 6.45) is 1.95. The van der Waals surface area contributed by atoms with Crippen molar-refractivity contribution in [1.29, 1.82) is 0 Å². The zero-order valence-corrected chi connectivity index (χ0v) is 15.5. The minimum Gasteiger partial charge on any atom is -0.490 e. The molecule has 0 saturated carbocycles. The molecule has 1 aromatic carbocycles. The van der Waals surface area contributed by atoms with Crippen molar-refractivity contribution in [1.82, 2.24) is 15.0 Å². The monoisotopic (exact) mass is 376 g/mol. The second kappa shape index (κ2) is 9.33. The van der Waals surface area contributed by atoms with E-state index in [4.69, 9.17) is 18.9 Å². The van der Waals surface area contributed by atoms with Crippen LogP contribution in [0.25, 0.3) is 0 Å². The zero-order valence-electron chi connectivity index (χ0n) is 15.5. The van der Waals surface area contributed by atoms with Crippen molar-refractivity contribution in [2.45, 2.75) is 33.1 Å². The summed E-state index contributed by atoms with van der Waals surface area (Å²) < 4.78 is 23.7. The van der Waals surface area contributed by atoms with Gasteiger partial charge in [0.25, 0.3) is 5.91 Å². The van der Waals surface area contributed by atoms with Crippen LogP contribution >= 0.6 is 0 Å². The summed E-state index contributed by atoms with van der Waals surface area (Å²) >= 11 is 0. The number of carbonyl (C=O) groups is 1. The molecular formula is C18H24N4O5. The summed E-state index contributed by atoms with van der Waals surface area (Å²) in [6.45, 7) is 6.38. The number of aromatic nitrogens is 3. The first-order valence-electron chi connectivity index (χ1n) is 9.04. The average molecular weight is 376 g/mol. The van der Waals surface area contributed by atoms with Crippen LogP contribution in [-0.2, 0) is 16.0 Å². The molecule has 1 aliphatic heterocycles. The summed E-state index contributed by atoms with van der Waals surface area (Å²) in [5, 5.41) is 10.7. The van der Waals surface area contributed by atoms with E-state index in [2.05, 4.69) is 15.6 Å². The van der Waals surface area contributed by atoms with Crippen LogP contribution in [0.15, 0.2) is 24.4 Å². The lowest BCUT2D eigenvalue weighted by molar-refractivity contribution is -0.145. The Bertz CT molecular complexity index is 758. The highest BCUT2D eigenvalue weighted by Gasteiger charge is 2.16. The number of hydrogen-bond donors (Lipinski definition) is 1. The van der Waals surface area contributed by atoms with Crippen molar-refractivity contribution >= 4 is 11.6 Å². The van der Waals surface area contributed by atoms with Crippen LogP contribution in [0.4, 0.5) is 5.69 Å². The van der Waals surface area contributed by atoms with E-state index in [1.807, 2.05) is 13.8 Å². The Balaban J connectivity index is 1.63. The summed E-state index contributed by atoms with van der Waals surface area (Å²) in [7, 11) is 0. The lowest BCUT2D eigenvalue weighted by Crippen LogP contribution is -2.24. The first-order chi connectivity index (χ1) is 13.2. The Morgan fingerprint density at radius 2 is 1.96 bits per heavy atom. The number of ether oxygens (including phenoxy) is 4. The van der Waals surface area contributed by atoms with Crippen LogP contribution in [-0.4, -0.2) is 53.6 Å². The normalized spacial score (nSPS) is 13.4. The number of benzene rings is 1. The number of hydrogen-bond acceptors (Lipinski definition) is 7. The van der Waals surface area contributed by atoms with Crippen molar-refractivity contribution in [3.8, 4) is 11.5 Å². The Kier molecular flexibility index (Phi) is 6.61. The molecule has 0 spiro atoms. The maximum Gasteiger partial charge on any atom is 0.277 e. The third-order valence-electron chi connectivity index (χ3n) is 3.82. The van der Waals surface area contributed by atoms with Crippen molar-refractivity contribution in [2.75, 3.05) is 31.7 Å². The van der Waals surface area contributed by atoms with Gasteiger partial charge in [-0.1, -0.05) is 5.21 Å². The molecule has 0 aliphatic carbocycles. The minimum absolute atomic E-state index is 0.203. The molecule has 1 amide bonds. The van der Waals surface area contributed by atoms with Gasteiger partial charge in [-0.2, -0.15) is 0 Å². The summed E-state index contributed by atoms with van der Waals surface area (Å²) in [5.74, 6) is 0.930. The molecule has 2 aromatic rings. The van der Waals surface area contributed by atoms with E-state index >= 15 is 0 Å². The van der Waals surface area contributed by atoms with Gasteiger partial charge in [0.15, 0.2) is 23.5 Å². The van der Waals surface area contributed by atoms with Gasteiger partial charge >= 0.3 is 0 Å². The molecule has 9 nitrogen and oxygen atoms in total. The number of anilines is 1. The molecule has 27 heavy (non-hydrogen) atoms. The van der Waals surface area contributed by atoms with Crippen molar-refractivity contribution in [3.05, 3.63) is 30.1 Å². The molecule has 0 radical (unpaired) electrons. The largest absolute Gasteiger partial charge is 0.490 e. The van der Waals surface area contributed by atoms with Crippen LogP contribution in [0.1, 0.15) is 30.8 Å². The molecule has 146 valence electrons. The third kappa shape index (κ3) is 5.18. The van der Waals surface area contributed by atoms with Crippen LogP contribution in [0.5, 0.6) is 11.5 Å². The summed E-state index contributed by atoms with van der Waals surface area (Å²) in [6, 6.07) is 5.28. The molecule has 0 atom stereocenters. The van der Waals surface area contributed by atoms with Gasteiger partial charge in [0.1, 0.15) is 0 Å². The number of nitrogens with zero attached hydrogens (tertiary/aromatic N) is 3. The van der Waals surface area contributed by atoms with Crippen LogP contribution in [0, 0.1) is 0 Å². The first kappa shape index (κ1) is 19.1. The fourth-order valence-electron chi connectivity index (χ4n) is 2.61. The van der Waals surface area contributed by atoms with E-state index in [1.54, 1.807) is 24.4 Å². The quantitative estimate of drug-likeness (QED) is 0.705. The molecule has 1 N–H and O–H groups in total.